The monoisotopic (exact) mass is 259 g/mol. The van der Waals surface area contributed by atoms with Gasteiger partial charge >= 0.3 is 0 Å². The molecule has 0 radical (unpaired) electrons. The van der Waals surface area contributed by atoms with Crippen LogP contribution in [0.3, 0.4) is 0 Å². The summed E-state index contributed by atoms with van der Waals surface area (Å²) in [5.41, 5.74) is 0. The number of nitriles is 1. The number of nitrogens with zero attached hydrogens (tertiary/aromatic N) is 3. The first-order valence-corrected chi connectivity index (χ1v) is 7.67. The third-order valence-electron chi connectivity index (χ3n) is 6.00. The molecule has 4 unspecified atom stereocenters. The number of hydrogen-bond acceptors (Lipinski definition) is 3. The Morgan fingerprint density at radius 3 is 2.32 bits per heavy atom. The van der Waals surface area contributed by atoms with Gasteiger partial charge in [-0.05, 0) is 42.9 Å². The summed E-state index contributed by atoms with van der Waals surface area (Å²) in [4.78, 5) is 16.8. The van der Waals surface area contributed by atoms with E-state index in [-0.39, 0.29) is 0 Å². The van der Waals surface area contributed by atoms with E-state index in [9.17, 15) is 4.79 Å². The second-order valence-electron chi connectivity index (χ2n) is 6.77. The summed E-state index contributed by atoms with van der Waals surface area (Å²) in [7, 11) is 0. The lowest BCUT2D eigenvalue weighted by Crippen LogP contribution is -2.49. The second-order valence-corrected chi connectivity index (χ2v) is 6.77. The molecule has 4 heteroatoms. The highest BCUT2D eigenvalue weighted by Crippen LogP contribution is 2.69. The highest BCUT2D eigenvalue weighted by Gasteiger charge is 2.67. The van der Waals surface area contributed by atoms with E-state index < -0.39 is 0 Å². The van der Waals surface area contributed by atoms with Gasteiger partial charge in [0.15, 0.2) is 0 Å². The van der Waals surface area contributed by atoms with Crippen LogP contribution in [0.4, 0.5) is 0 Å². The van der Waals surface area contributed by atoms with E-state index in [1.165, 1.54) is 19.3 Å². The van der Waals surface area contributed by atoms with Gasteiger partial charge in [0, 0.05) is 32.1 Å². The Kier molecular flexibility index (Phi) is 2.60. The SMILES string of the molecule is N#CCN1CCN(C(=O)C2C3C4CCC(C4)C23)CC1. The number of piperazine rings is 1. The van der Waals surface area contributed by atoms with Crippen molar-refractivity contribution in [2.75, 3.05) is 32.7 Å². The van der Waals surface area contributed by atoms with Crippen molar-refractivity contribution in [3.8, 4) is 6.07 Å². The van der Waals surface area contributed by atoms with Crippen molar-refractivity contribution < 1.29 is 4.79 Å². The minimum absolute atomic E-state index is 0.383. The van der Waals surface area contributed by atoms with Gasteiger partial charge in [-0.15, -0.1) is 0 Å². The highest BCUT2D eigenvalue weighted by atomic mass is 16.2. The molecule has 0 aromatic heterocycles. The molecule has 19 heavy (non-hydrogen) atoms. The van der Waals surface area contributed by atoms with E-state index >= 15 is 0 Å². The summed E-state index contributed by atoms with van der Waals surface area (Å²) < 4.78 is 0. The van der Waals surface area contributed by atoms with Gasteiger partial charge in [0.05, 0.1) is 12.6 Å². The third-order valence-corrected chi connectivity index (χ3v) is 6.00. The molecular formula is C15H21N3O. The zero-order chi connectivity index (χ0) is 13.0. The van der Waals surface area contributed by atoms with Gasteiger partial charge in [-0.3, -0.25) is 9.69 Å². The van der Waals surface area contributed by atoms with Crippen LogP contribution < -0.4 is 0 Å². The Hall–Kier alpha value is -1.08. The first kappa shape index (κ1) is 11.7. The molecule has 4 aliphatic rings. The predicted molar refractivity (Wildman–Crippen MR) is 69.9 cm³/mol. The van der Waals surface area contributed by atoms with Crippen LogP contribution in [0, 0.1) is 40.9 Å². The summed E-state index contributed by atoms with van der Waals surface area (Å²) >= 11 is 0. The molecule has 2 bridgehead atoms. The molecule has 1 amide bonds. The summed E-state index contributed by atoms with van der Waals surface area (Å²) in [6, 6.07) is 2.19. The molecular weight excluding hydrogens is 238 g/mol. The van der Waals surface area contributed by atoms with Gasteiger partial charge in [-0.2, -0.15) is 5.26 Å². The molecule has 4 fully saturated rings. The molecule has 0 N–H and O–H groups in total. The largest absolute Gasteiger partial charge is 0.340 e. The highest BCUT2D eigenvalue weighted by molar-refractivity contribution is 5.83. The Balaban J connectivity index is 1.35. The Morgan fingerprint density at radius 2 is 1.74 bits per heavy atom. The van der Waals surface area contributed by atoms with Crippen LogP contribution in [0.2, 0.25) is 0 Å². The molecule has 4 atom stereocenters. The van der Waals surface area contributed by atoms with Crippen molar-refractivity contribution in [3.63, 3.8) is 0 Å². The maximum absolute atomic E-state index is 12.6. The average molecular weight is 259 g/mol. The number of carbonyl (C=O) groups is 1. The van der Waals surface area contributed by atoms with Crippen molar-refractivity contribution in [1.82, 2.24) is 9.80 Å². The van der Waals surface area contributed by atoms with Crippen LogP contribution in [-0.2, 0) is 4.79 Å². The minimum Gasteiger partial charge on any atom is -0.340 e. The molecule has 4 rings (SSSR count). The van der Waals surface area contributed by atoms with Crippen molar-refractivity contribution >= 4 is 5.91 Å². The predicted octanol–water partition coefficient (Wildman–Crippen LogP) is 0.946. The maximum atomic E-state index is 12.6. The number of fused-ring (bicyclic) bond motifs is 5. The lowest BCUT2D eigenvalue weighted by Gasteiger charge is -2.34. The molecule has 1 heterocycles. The maximum Gasteiger partial charge on any atom is 0.226 e. The quantitative estimate of drug-likeness (QED) is 0.694. The average Bonchev–Trinajstić information content (AvgIpc) is 2.87. The molecule has 3 saturated carbocycles. The lowest BCUT2D eigenvalue weighted by atomic mass is 10.0. The molecule has 1 aliphatic heterocycles. The molecule has 4 nitrogen and oxygen atoms in total. The minimum atomic E-state index is 0.383. The van der Waals surface area contributed by atoms with Crippen molar-refractivity contribution in [3.05, 3.63) is 0 Å². The summed E-state index contributed by atoms with van der Waals surface area (Å²) in [6.45, 7) is 3.89. The number of carbonyl (C=O) groups excluding carboxylic acids is 1. The summed E-state index contributed by atoms with van der Waals surface area (Å²) in [5, 5.41) is 8.69. The van der Waals surface area contributed by atoms with Gasteiger partial charge in [0.1, 0.15) is 0 Å². The van der Waals surface area contributed by atoms with E-state index in [2.05, 4.69) is 15.9 Å². The topological polar surface area (TPSA) is 47.3 Å². The van der Waals surface area contributed by atoms with E-state index in [1.54, 1.807) is 0 Å². The van der Waals surface area contributed by atoms with Gasteiger partial charge in [-0.1, -0.05) is 0 Å². The van der Waals surface area contributed by atoms with Crippen LogP contribution in [-0.4, -0.2) is 48.4 Å². The lowest BCUT2D eigenvalue weighted by molar-refractivity contribution is -0.135. The molecule has 0 aromatic carbocycles. The number of amides is 1. The van der Waals surface area contributed by atoms with E-state index in [0.29, 0.717) is 18.4 Å². The Labute approximate surface area is 114 Å². The fourth-order valence-electron chi connectivity index (χ4n) is 5.09. The number of hydrogen-bond donors (Lipinski definition) is 0. The Bertz CT molecular complexity index is 419. The van der Waals surface area contributed by atoms with Gasteiger partial charge in [0.2, 0.25) is 5.91 Å². The van der Waals surface area contributed by atoms with Gasteiger partial charge < -0.3 is 4.90 Å². The fourth-order valence-corrected chi connectivity index (χ4v) is 5.09. The van der Waals surface area contributed by atoms with Crippen molar-refractivity contribution in [2.24, 2.45) is 29.6 Å². The fraction of sp³-hybridized carbons (Fsp3) is 0.867. The second kappa shape index (κ2) is 4.21. The molecule has 3 aliphatic carbocycles. The first-order chi connectivity index (χ1) is 9.29. The van der Waals surface area contributed by atoms with Crippen LogP contribution in [0.15, 0.2) is 0 Å². The number of rotatable bonds is 2. The van der Waals surface area contributed by atoms with Crippen molar-refractivity contribution in [1.29, 1.82) is 5.26 Å². The molecule has 1 saturated heterocycles. The molecule has 102 valence electrons. The van der Waals surface area contributed by atoms with Crippen LogP contribution in [0.1, 0.15) is 19.3 Å². The zero-order valence-electron chi connectivity index (χ0n) is 11.3. The Morgan fingerprint density at radius 1 is 1.11 bits per heavy atom. The molecule has 0 spiro atoms. The van der Waals surface area contributed by atoms with Gasteiger partial charge in [-0.25, -0.2) is 0 Å². The van der Waals surface area contributed by atoms with Crippen LogP contribution in [0.5, 0.6) is 0 Å². The smallest absolute Gasteiger partial charge is 0.226 e. The van der Waals surface area contributed by atoms with Crippen LogP contribution >= 0.6 is 0 Å². The van der Waals surface area contributed by atoms with E-state index in [0.717, 1.165) is 49.9 Å². The normalized spacial score (nSPS) is 43.9. The third kappa shape index (κ3) is 1.71. The van der Waals surface area contributed by atoms with Crippen molar-refractivity contribution in [2.45, 2.75) is 19.3 Å². The van der Waals surface area contributed by atoms with Gasteiger partial charge in [0.25, 0.3) is 0 Å². The van der Waals surface area contributed by atoms with Crippen LogP contribution in [0.25, 0.3) is 0 Å². The zero-order valence-corrected chi connectivity index (χ0v) is 11.3. The summed E-state index contributed by atoms with van der Waals surface area (Å²) in [6.07, 6.45) is 4.17. The first-order valence-electron chi connectivity index (χ1n) is 7.67. The summed E-state index contributed by atoms with van der Waals surface area (Å²) in [5.74, 6) is 4.08. The standard InChI is InChI=1S/C15H21N3O/c16-3-4-17-5-7-18(8-6-17)15(19)14-12-10-1-2-11(9-10)13(12)14/h10-14H,1-2,4-9H2. The van der Waals surface area contributed by atoms with E-state index in [4.69, 9.17) is 5.26 Å². The van der Waals surface area contributed by atoms with E-state index in [1.807, 2.05) is 0 Å². The molecule has 0 aromatic rings.